The summed E-state index contributed by atoms with van der Waals surface area (Å²) < 4.78 is 73.8. The number of alkyl halides is 3. The van der Waals surface area contributed by atoms with Crippen molar-refractivity contribution in [3.63, 3.8) is 0 Å². The summed E-state index contributed by atoms with van der Waals surface area (Å²) in [6.07, 6.45) is -4.62. The standard InChI is InChI=1S/C30H19F5N2O5/c31-23-9-8-19(12-24(23)32)20-11-22(27(38)36-14-16-4-6-18(7-5-16)28(39)40)26-25(13-20)42-29(41)37(26)15-17-2-1-3-21(10-17)30(33,34)35/h1-13H,14-15H2,(H,36,38)(H,39,40). The molecule has 0 radical (unpaired) electrons. The highest BCUT2D eigenvalue weighted by atomic mass is 19.4. The van der Waals surface area contributed by atoms with Crippen LogP contribution in [0.5, 0.6) is 0 Å². The highest BCUT2D eigenvalue weighted by Gasteiger charge is 2.30. The molecule has 1 heterocycles. The third-order valence-electron chi connectivity index (χ3n) is 6.51. The molecule has 5 aromatic rings. The van der Waals surface area contributed by atoms with Gasteiger partial charge in [-0.25, -0.2) is 18.4 Å². The van der Waals surface area contributed by atoms with E-state index in [0.717, 1.165) is 28.8 Å². The zero-order valence-electron chi connectivity index (χ0n) is 21.3. The fraction of sp³-hybridized carbons (Fsp3) is 0.100. The van der Waals surface area contributed by atoms with Crippen molar-refractivity contribution in [2.75, 3.05) is 0 Å². The minimum absolute atomic E-state index is 0.0255. The van der Waals surface area contributed by atoms with Gasteiger partial charge in [-0.2, -0.15) is 13.2 Å². The molecular formula is C30H19F5N2O5. The number of rotatable bonds is 7. The fourth-order valence-electron chi connectivity index (χ4n) is 4.43. The van der Waals surface area contributed by atoms with E-state index < -0.39 is 41.0 Å². The van der Waals surface area contributed by atoms with Gasteiger partial charge in [-0.15, -0.1) is 0 Å². The van der Waals surface area contributed by atoms with Gasteiger partial charge in [0.05, 0.1) is 23.2 Å². The second-order valence-electron chi connectivity index (χ2n) is 9.34. The molecule has 214 valence electrons. The summed E-state index contributed by atoms with van der Waals surface area (Å²) in [6.45, 7) is -0.414. The first-order valence-corrected chi connectivity index (χ1v) is 12.3. The molecule has 0 unspecified atom stereocenters. The second kappa shape index (κ2) is 11.0. The number of oxazole rings is 1. The summed E-state index contributed by atoms with van der Waals surface area (Å²) in [6, 6.07) is 15.8. The zero-order valence-corrected chi connectivity index (χ0v) is 21.3. The van der Waals surface area contributed by atoms with Crippen LogP contribution in [0.15, 0.2) is 88.1 Å². The van der Waals surface area contributed by atoms with Gasteiger partial charge in [-0.05, 0) is 70.8 Å². The summed E-state index contributed by atoms with van der Waals surface area (Å²) in [5, 5.41) is 11.7. The molecule has 2 N–H and O–H groups in total. The van der Waals surface area contributed by atoms with Crippen molar-refractivity contribution in [1.82, 2.24) is 9.88 Å². The van der Waals surface area contributed by atoms with E-state index in [9.17, 15) is 36.3 Å². The summed E-state index contributed by atoms with van der Waals surface area (Å²) in [5.41, 5.74) is -0.0879. The minimum atomic E-state index is -4.62. The Morgan fingerprint density at radius 2 is 1.60 bits per heavy atom. The molecule has 5 rings (SSSR count). The molecule has 0 bridgehead atoms. The van der Waals surface area contributed by atoms with Crippen LogP contribution in [-0.4, -0.2) is 21.6 Å². The van der Waals surface area contributed by atoms with Gasteiger partial charge in [-0.1, -0.05) is 30.3 Å². The molecule has 0 aliphatic heterocycles. The number of carbonyl (C=O) groups is 2. The monoisotopic (exact) mass is 582 g/mol. The van der Waals surface area contributed by atoms with Gasteiger partial charge in [0.15, 0.2) is 17.2 Å². The Morgan fingerprint density at radius 1 is 0.857 bits per heavy atom. The Labute approximate surface area is 233 Å². The van der Waals surface area contributed by atoms with Gasteiger partial charge in [0.1, 0.15) is 5.52 Å². The highest BCUT2D eigenvalue weighted by Crippen LogP contribution is 2.31. The van der Waals surface area contributed by atoms with Crippen LogP contribution in [0.3, 0.4) is 0 Å². The van der Waals surface area contributed by atoms with Crippen molar-refractivity contribution < 1.29 is 41.1 Å². The number of benzene rings is 4. The van der Waals surface area contributed by atoms with Crippen LogP contribution in [0.2, 0.25) is 0 Å². The molecule has 0 saturated heterocycles. The van der Waals surface area contributed by atoms with E-state index >= 15 is 0 Å². The Kier molecular flexibility index (Phi) is 7.38. The van der Waals surface area contributed by atoms with Gasteiger partial charge < -0.3 is 14.8 Å². The molecule has 12 heteroatoms. The van der Waals surface area contributed by atoms with Gasteiger partial charge in [0.2, 0.25) is 0 Å². The maximum atomic E-state index is 14.0. The van der Waals surface area contributed by atoms with Crippen LogP contribution in [0.25, 0.3) is 22.2 Å². The van der Waals surface area contributed by atoms with Crippen LogP contribution in [-0.2, 0) is 19.3 Å². The molecule has 1 amide bonds. The van der Waals surface area contributed by atoms with E-state index in [-0.39, 0.29) is 52.0 Å². The molecule has 0 aliphatic carbocycles. The number of aromatic carboxylic acids is 1. The first kappa shape index (κ1) is 28.3. The summed E-state index contributed by atoms with van der Waals surface area (Å²) in [4.78, 5) is 37.5. The summed E-state index contributed by atoms with van der Waals surface area (Å²) >= 11 is 0. The Morgan fingerprint density at radius 3 is 2.26 bits per heavy atom. The van der Waals surface area contributed by atoms with Crippen molar-refractivity contribution >= 4 is 23.0 Å². The topological polar surface area (TPSA) is 102 Å². The molecule has 42 heavy (non-hydrogen) atoms. The van der Waals surface area contributed by atoms with E-state index in [2.05, 4.69) is 5.32 Å². The molecule has 7 nitrogen and oxygen atoms in total. The number of hydrogen-bond donors (Lipinski definition) is 2. The van der Waals surface area contributed by atoms with E-state index in [1.165, 1.54) is 54.6 Å². The lowest BCUT2D eigenvalue weighted by atomic mass is 10.0. The predicted molar refractivity (Wildman–Crippen MR) is 141 cm³/mol. The lowest BCUT2D eigenvalue weighted by Gasteiger charge is -2.12. The highest BCUT2D eigenvalue weighted by molar-refractivity contribution is 6.06. The maximum absolute atomic E-state index is 14.0. The molecule has 0 spiro atoms. The molecule has 4 aromatic carbocycles. The smallest absolute Gasteiger partial charge is 0.420 e. The number of nitrogens with zero attached hydrogens (tertiary/aromatic N) is 1. The minimum Gasteiger partial charge on any atom is -0.478 e. The number of aromatic nitrogens is 1. The maximum Gasteiger partial charge on any atom is 0.420 e. The Balaban J connectivity index is 1.58. The molecule has 0 atom stereocenters. The normalized spacial score (nSPS) is 11.5. The van der Waals surface area contributed by atoms with Crippen LogP contribution < -0.4 is 11.1 Å². The number of fused-ring (bicyclic) bond motifs is 1. The quantitative estimate of drug-likeness (QED) is 0.222. The van der Waals surface area contributed by atoms with Crippen LogP contribution in [0.4, 0.5) is 22.0 Å². The molecule has 0 aliphatic rings. The van der Waals surface area contributed by atoms with E-state index in [1.807, 2.05) is 0 Å². The van der Waals surface area contributed by atoms with Gasteiger partial charge in [0.25, 0.3) is 5.91 Å². The van der Waals surface area contributed by atoms with E-state index in [1.54, 1.807) is 0 Å². The number of amides is 1. The third kappa shape index (κ3) is 5.78. The van der Waals surface area contributed by atoms with Crippen molar-refractivity contribution in [3.05, 3.63) is 129 Å². The van der Waals surface area contributed by atoms with Crippen molar-refractivity contribution in [2.45, 2.75) is 19.3 Å². The van der Waals surface area contributed by atoms with Crippen LogP contribution in [0, 0.1) is 11.6 Å². The number of carbonyl (C=O) groups excluding carboxylic acids is 1. The Bertz CT molecular complexity index is 1890. The van der Waals surface area contributed by atoms with Crippen LogP contribution >= 0.6 is 0 Å². The first-order valence-electron chi connectivity index (χ1n) is 12.3. The fourth-order valence-corrected chi connectivity index (χ4v) is 4.43. The number of carboxylic acids is 1. The zero-order chi connectivity index (χ0) is 30.2. The molecular weight excluding hydrogens is 563 g/mol. The number of carboxylic acid groups (broad SMARTS) is 1. The lowest BCUT2D eigenvalue weighted by molar-refractivity contribution is -0.137. The number of nitrogens with one attached hydrogen (secondary N) is 1. The van der Waals surface area contributed by atoms with E-state index in [0.29, 0.717) is 5.56 Å². The largest absolute Gasteiger partial charge is 0.478 e. The SMILES string of the molecule is O=C(O)c1ccc(CNC(=O)c2cc(-c3ccc(F)c(F)c3)cc3oc(=O)n(Cc4cccc(C(F)(F)F)c4)c23)cc1. The molecule has 0 saturated carbocycles. The van der Waals surface area contributed by atoms with Crippen molar-refractivity contribution in [2.24, 2.45) is 0 Å². The van der Waals surface area contributed by atoms with Gasteiger partial charge in [0, 0.05) is 6.54 Å². The van der Waals surface area contributed by atoms with Gasteiger partial charge >= 0.3 is 17.9 Å². The van der Waals surface area contributed by atoms with Gasteiger partial charge in [-0.3, -0.25) is 9.36 Å². The summed E-state index contributed by atoms with van der Waals surface area (Å²) in [5.74, 6) is -5.04. The average molecular weight is 582 g/mol. The second-order valence-corrected chi connectivity index (χ2v) is 9.34. The summed E-state index contributed by atoms with van der Waals surface area (Å²) in [7, 11) is 0. The number of hydrogen-bond acceptors (Lipinski definition) is 4. The van der Waals surface area contributed by atoms with Crippen LogP contribution in [0.1, 0.15) is 37.4 Å². The predicted octanol–water partition coefficient (Wildman–Crippen LogP) is 6.24. The molecule has 0 fully saturated rings. The number of halogens is 5. The van der Waals surface area contributed by atoms with Crippen molar-refractivity contribution in [1.29, 1.82) is 0 Å². The average Bonchev–Trinajstić information content (AvgIpc) is 3.27. The third-order valence-corrected chi connectivity index (χ3v) is 6.51. The molecule has 1 aromatic heterocycles. The van der Waals surface area contributed by atoms with Crippen molar-refractivity contribution in [3.8, 4) is 11.1 Å². The lowest BCUT2D eigenvalue weighted by Crippen LogP contribution is -2.25. The van der Waals surface area contributed by atoms with E-state index in [4.69, 9.17) is 9.52 Å². The Hall–Kier alpha value is -5.26. The first-order chi connectivity index (χ1) is 19.9.